The summed E-state index contributed by atoms with van der Waals surface area (Å²) in [6.07, 6.45) is 1.60. The summed E-state index contributed by atoms with van der Waals surface area (Å²) in [6, 6.07) is 13.6. The molecule has 1 aliphatic rings. The summed E-state index contributed by atoms with van der Waals surface area (Å²) in [4.78, 5) is 19.5. The number of likely N-dealkylation sites (tertiary alicyclic amines) is 1. The molecule has 1 aliphatic heterocycles. The first-order valence-electron chi connectivity index (χ1n) is 11.6. The van der Waals surface area contributed by atoms with E-state index in [0.29, 0.717) is 35.7 Å². The zero-order valence-electron chi connectivity index (χ0n) is 20.2. The van der Waals surface area contributed by atoms with Gasteiger partial charge >= 0.3 is 0 Å². The Bertz CT molecular complexity index is 1100. The lowest BCUT2D eigenvalue weighted by molar-refractivity contribution is -0.121. The average molecular weight is 465 g/mol. The molecule has 0 bridgehead atoms. The van der Waals surface area contributed by atoms with Crippen molar-refractivity contribution in [2.45, 2.75) is 39.2 Å². The number of amides is 1. The van der Waals surface area contributed by atoms with E-state index in [9.17, 15) is 4.79 Å². The molecule has 2 aromatic carbocycles. The number of ether oxygens (including phenoxy) is 2. The smallest absolute Gasteiger partial charge is 0.241 e. The maximum Gasteiger partial charge on any atom is 0.241 e. The van der Waals surface area contributed by atoms with Crippen molar-refractivity contribution in [1.82, 2.24) is 15.0 Å². The number of benzene rings is 2. The van der Waals surface area contributed by atoms with Gasteiger partial charge in [0.05, 0.1) is 20.8 Å². The Kier molecular flexibility index (Phi) is 7.47. The SMILES string of the molecule is COc1ccc(-c2noc(CN3CCC(C(=O)Nc4ccc(C(C)C)cc4)CC3)n2)cc1OC. The molecule has 0 aliphatic carbocycles. The van der Waals surface area contributed by atoms with Crippen LogP contribution in [0.15, 0.2) is 47.0 Å². The van der Waals surface area contributed by atoms with Crippen LogP contribution >= 0.6 is 0 Å². The van der Waals surface area contributed by atoms with Gasteiger partial charge in [0.15, 0.2) is 11.5 Å². The van der Waals surface area contributed by atoms with E-state index in [1.165, 1.54) is 5.56 Å². The van der Waals surface area contributed by atoms with Crippen LogP contribution in [0.4, 0.5) is 5.69 Å². The first-order chi connectivity index (χ1) is 16.5. The van der Waals surface area contributed by atoms with Crippen molar-refractivity contribution >= 4 is 11.6 Å². The normalized spacial score (nSPS) is 14.9. The molecule has 34 heavy (non-hydrogen) atoms. The highest BCUT2D eigenvalue weighted by atomic mass is 16.5. The highest BCUT2D eigenvalue weighted by Gasteiger charge is 2.26. The molecule has 180 valence electrons. The van der Waals surface area contributed by atoms with Crippen LogP contribution in [-0.4, -0.2) is 48.3 Å². The summed E-state index contributed by atoms with van der Waals surface area (Å²) in [6.45, 7) is 6.49. The molecular weight excluding hydrogens is 432 g/mol. The lowest BCUT2D eigenvalue weighted by atomic mass is 9.95. The van der Waals surface area contributed by atoms with E-state index < -0.39 is 0 Å². The van der Waals surface area contributed by atoms with Gasteiger partial charge < -0.3 is 19.3 Å². The van der Waals surface area contributed by atoms with Gasteiger partial charge in [0.25, 0.3) is 0 Å². The van der Waals surface area contributed by atoms with Gasteiger partial charge in [0.1, 0.15) is 0 Å². The maximum atomic E-state index is 12.7. The first kappa shape index (κ1) is 23.8. The zero-order valence-corrected chi connectivity index (χ0v) is 20.2. The number of methoxy groups -OCH3 is 2. The molecule has 3 aromatic rings. The molecule has 0 spiro atoms. The number of nitrogens with zero attached hydrogens (tertiary/aromatic N) is 3. The number of carbonyl (C=O) groups excluding carboxylic acids is 1. The molecule has 4 rings (SSSR count). The van der Waals surface area contributed by atoms with Gasteiger partial charge in [-0.1, -0.05) is 31.1 Å². The van der Waals surface area contributed by atoms with Crippen LogP contribution in [0, 0.1) is 5.92 Å². The monoisotopic (exact) mass is 464 g/mol. The molecule has 0 unspecified atom stereocenters. The van der Waals surface area contributed by atoms with Crippen LogP contribution in [0.2, 0.25) is 0 Å². The predicted molar refractivity (Wildman–Crippen MR) is 130 cm³/mol. The third-order valence-corrected chi connectivity index (χ3v) is 6.27. The van der Waals surface area contributed by atoms with E-state index in [-0.39, 0.29) is 11.8 Å². The summed E-state index contributed by atoms with van der Waals surface area (Å²) < 4.78 is 16.1. The number of piperidine rings is 1. The van der Waals surface area contributed by atoms with E-state index in [1.807, 2.05) is 30.3 Å². The zero-order chi connectivity index (χ0) is 24.1. The predicted octanol–water partition coefficient (Wildman–Crippen LogP) is 4.73. The van der Waals surface area contributed by atoms with Crippen molar-refractivity contribution in [2.24, 2.45) is 5.92 Å². The highest BCUT2D eigenvalue weighted by molar-refractivity contribution is 5.92. The van der Waals surface area contributed by atoms with Crippen molar-refractivity contribution in [1.29, 1.82) is 0 Å². The summed E-state index contributed by atoms with van der Waals surface area (Å²) in [5.41, 5.74) is 2.91. The Labute approximate surface area is 200 Å². The minimum absolute atomic E-state index is 0.00559. The van der Waals surface area contributed by atoms with Crippen molar-refractivity contribution in [3.63, 3.8) is 0 Å². The van der Waals surface area contributed by atoms with Gasteiger partial charge in [-0.25, -0.2) is 0 Å². The number of nitrogens with one attached hydrogen (secondary N) is 1. The largest absolute Gasteiger partial charge is 0.493 e. The Hall–Kier alpha value is -3.39. The standard InChI is InChI=1S/C26H32N4O4/c1-17(2)18-5-8-21(9-6-18)27-26(31)19-11-13-30(14-12-19)16-24-28-25(29-34-24)20-7-10-22(32-3)23(15-20)33-4/h5-10,15,17,19H,11-14,16H2,1-4H3,(H,27,31). The van der Waals surface area contributed by atoms with E-state index in [1.54, 1.807) is 14.2 Å². The second-order valence-electron chi connectivity index (χ2n) is 8.90. The molecular formula is C26H32N4O4. The maximum absolute atomic E-state index is 12.7. The van der Waals surface area contributed by atoms with Crippen LogP contribution < -0.4 is 14.8 Å². The lowest BCUT2D eigenvalue weighted by Crippen LogP contribution is -2.37. The topological polar surface area (TPSA) is 89.7 Å². The lowest BCUT2D eigenvalue weighted by Gasteiger charge is -2.30. The summed E-state index contributed by atoms with van der Waals surface area (Å²) >= 11 is 0. The van der Waals surface area contributed by atoms with Crippen molar-refractivity contribution in [3.8, 4) is 22.9 Å². The molecule has 1 amide bonds. The Balaban J connectivity index is 1.29. The van der Waals surface area contributed by atoms with Crippen LogP contribution in [-0.2, 0) is 11.3 Å². The first-order valence-corrected chi connectivity index (χ1v) is 11.6. The average Bonchev–Trinajstić information content (AvgIpc) is 3.32. The Morgan fingerprint density at radius 3 is 2.44 bits per heavy atom. The van der Waals surface area contributed by atoms with Crippen LogP contribution in [0.25, 0.3) is 11.4 Å². The Morgan fingerprint density at radius 2 is 1.79 bits per heavy atom. The molecule has 8 heteroatoms. The fourth-order valence-electron chi connectivity index (χ4n) is 4.15. The molecule has 1 fully saturated rings. The number of hydrogen-bond donors (Lipinski definition) is 1. The quantitative estimate of drug-likeness (QED) is 0.515. The molecule has 1 aromatic heterocycles. The summed E-state index contributed by atoms with van der Waals surface area (Å²) in [5, 5.41) is 7.18. The van der Waals surface area contributed by atoms with Crippen LogP contribution in [0.1, 0.15) is 44.1 Å². The third-order valence-electron chi connectivity index (χ3n) is 6.27. The van der Waals surface area contributed by atoms with E-state index in [0.717, 1.165) is 37.2 Å². The molecule has 2 heterocycles. The third kappa shape index (κ3) is 5.56. The fourth-order valence-corrected chi connectivity index (χ4v) is 4.15. The van der Waals surface area contributed by atoms with Gasteiger partial charge in [-0.15, -0.1) is 0 Å². The second-order valence-corrected chi connectivity index (χ2v) is 8.90. The highest BCUT2D eigenvalue weighted by Crippen LogP contribution is 2.31. The van der Waals surface area contributed by atoms with Crippen LogP contribution in [0.5, 0.6) is 11.5 Å². The Morgan fingerprint density at radius 1 is 1.09 bits per heavy atom. The van der Waals surface area contributed by atoms with Gasteiger partial charge in [0, 0.05) is 17.2 Å². The number of hydrogen-bond acceptors (Lipinski definition) is 7. The minimum atomic E-state index is 0.00559. The molecule has 0 radical (unpaired) electrons. The number of rotatable bonds is 8. The second kappa shape index (κ2) is 10.7. The van der Waals surface area contributed by atoms with E-state index in [4.69, 9.17) is 14.0 Å². The van der Waals surface area contributed by atoms with Crippen molar-refractivity contribution in [3.05, 3.63) is 53.9 Å². The number of carbonyl (C=O) groups is 1. The molecule has 0 saturated carbocycles. The van der Waals surface area contributed by atoms with E-state index in [2.05, 4.69) is 46.3 Å². The van der Waals surface area contributed by atoms with Gasteiger partial charge in [-0.2, -0.15) is 4.98 Å². The van der Waals surface area contributed by atoms with E-state index >= 15 is 0 Å². The number of anilines is 1. The minimum Gasteiger partial charge on any atom is -0.493 e. The molecule has 1 N–H and O–H groups in total. The van der Waals surface area contributed by atoms with Crippen molar-refractivity contribution < 1.29 is 18.8 Å². The molecule has 0 atom stereocenters. The fraction of sp³-hybridized carbons (Fsp3) is 0.423. The molecule has 1 saturated heterocycles. The summed E-state index contributed by atoms with van der Waals surface area (Å²) in [5.74, 6) is 2.89. The van der Waals surface area contributed by atoms with Crippen molar-refractivity contribution in [2.75, 3.05) is 32.6 Å². The van der Waals surface area contributed by atoms with Crippen LogP contribution in [0.3, 0.4) is 0 Å². The summed E-state index contributed by atoms with van der Waals surface area (Å²) in [7, 11) is 3.19. The van der Waals surface area contributed by atoms with Gasteiger partial charge in [0.2, 0.25) is 17.6 Å². The number of aromatic nitrogens is 2. The molecule has 8 nitrogen and oxygen atoms in total. The van der Waals surface area contributed by atoms with Gasteiger partial charge in [-0.3, -0.25) is 9.69 Å². The van der Waals surface area contributed by atoms with Gasteiger partial charge in [-0.05, 0) is 67.7 Å².